The van der Waals surface area contributed by atoms with Crippen LogP contribution in [0.1, 0.15) is 12.8 Å². The summed E-state index contributed by atoms with van der Waals surface area (Å²) in [5.41, 5.74) is 1.23. The van der Waals surface area contributed by atoms with E-state index < -0.39 is 0 Å². The monoisotopic (exact) mass is 298 g/mol. The van der Waals surface area contributed by atoms with Crippen molar-refractivity contribution in [2.75, 3.05) is 32.1 Å². The Labute approximate surface area is 111 Å². The smallest absolute Gasteiger partial charge is 0.121 e. The Balaban J connectivity index is 2.20. The van der Waals surface area contributed by atoms with Crippen LogP contribution >= 0.6 is 15.9 Å². The molecule has 1 N–H and O–H groups in total. The number of nitrogens with one attached hydrogen (secondary N) is 1. The van der Waals surface area contributed by atoms with Crippen molar-refractivity contribution in [3.63, 3.8) is 0 Å². The number of nitrogens with zero attached hydrogens (tertiary/aromatic N) is 1. The number of ether oxygens (including phenoxy) is 1. The van der Waals surface area contributed by atoms with Gasteiger partial charge in [0.15, 0.2) is 0 Å². The highest BCUT2D eigenvalue weighted by Crippen LogP contribution is 2.32. The molecule has 0 aliphatic carbocycles. The molecule has 1 fully saturated rings. The van der Waals surface area contributed by atoms with Gasteiger partial charge in [0.1, 0.15) is 5.75 Å². The number of hydrogen-bond acceptors (Lipinski definition) is 3. The second-order valence-electron chi connectivity index (χ2n) is 4.39. The Morgan fingerprint density at radius 3 is 3.00 bits per heavy atom. The Kier molecular flexibility index (Phi) is 4.29. The summed E-state index contributed by atoms with van der Waals surface area (Å²) in [6.07, 6.45) is 2.49. The van der Waals surface area contributed by atoms with E-state index in [-0.39, 0.29) is 0 Å². The third-order valence-corrected chi connectivity index (χ3v) is 3.99. The zero-order valence-electron chi connectivity index (χ0n) is 10.4. The van der Waals surface area contributed by atoms with Crippen molar-refractivity contribution < 1.29 is 4.74 Å². The lowest BCUT2D eigenvalue weighted by Crippen LogP contribution is -2.44. The number of methoxy groups -OCH3 is 1. The molecule has 0 aromatic heterocycles. The van der Waals surface area contributed by atoms with Crippen molar-refractivity contribution >= 4 is 21.6 Å². The Hall–Kier alpha value is -0.740. The van der Waals surface area contributed by atoms with E-state index in [9.17, 15) is 0 Å². The molecule has 1 aromatic rings. The highest BCUT2D eigenvalue weighted by Gasteiger charge is 2.20. The molecule has 1 aliphatic rings. The lowest BCUT2D eigenvalue weighted by molar-refractivity contribution is 0.413. The SMILES string of the molecule is CNC1CCCN(c2cc(OC)ccc2Br)C1. The minimum atomic E-state index is 0.585. The summed E-state index contributed by atoms with van der Waals surface area (Å²) in [5.74, 6) is 0.912. The van der Waals surface area contributed by atoms with Crippen molar-refractivity contribution in [3.05, 3.63) is 22.7 Å². The number of rotatable bonds is 3. The van der Waals surface area contributed by atoms with Crippen LogP contribution in [0.25, 0.3) is 0 Å². The average Bonchev–Trinajstić information content (AvgIpc) is 2.39. The molecule has 1 aliphatic heterocycles. The topological polar surface area (TPSA) is 24.5 Å². The molecule has 1 unspecified atom stereocenters. The summed E-state index contributed by atoms with van der Waals surface area (Å²) in [4.78, 5) is 2.41. The molecule has 1 saturated heterocycles. The molecule has 4 heteroatoms. The van der Waals surface area contributed by atoms with Gasteiger partial charge in [-0.25, -0.2) is 0 Å². The lowest BCUT2D eigenvalue weighted by atomic mass is 10.1. The molecule has 94 valence electrons. The van der Waals surface area contributed by atoms with E-state index in [2.05, 4.69) is 38.3 Å². The molecule has 0 amide bonds. The molecule has 1 heterocycles. The molecule has 0 spiro atoms. The van der Waals surface area contributed by atoms with Crippen molar-refractivity contribution in [1.29, 1.82) is 0 Å². The van der Waals surface area contributed by atoms with Crippen LogP contribution in [-0.4, -0.2) is 33.3 Å². The number of likely N-dealkylation sites (N-methyl/N-ethyl adjacent to an activating group) is 1. The van der Waals surface area contributed by atoms with E-state index in [0.29, 0.717) is 6.04 Å². The standard InChI is InChI=1S/C13H19BrN2O/c1-15-10-4-3-7-16(9-10)13-8-11(17-2)5-6-12(13)14/h5-6,8,10,15H,3-4,7,9H2,1-2H3. The van der Waals surface area contributed by atoms with Gasteiger partial charge in [-0.3, -0.25) is 0 Å². The van der Waals surface area contributed by atoms with Gasteiger partial charge in [-0.05, 0) is 48.0 Å². The van der Waals surface area contributed by atoms with Gasteiger partial charge in [0.05, 0.1) is 12.8 Å². The zero-order chi connectivity index (χ0) is 12.3. The summed E-state index contributed by atoms with van der Waals surface area (Å²) in [6.45, 7) is 2.17. The van der Waals surface area contributed by atoms with Crippen LogP contribution in [0.2, 0.25) is 0 Å². The molecule has 0 radical (unpaired) electrons. The first-order valence-corrected chi connectivity index (χ1v) is 6.79. The molecule has 2 rings (SSSR count). The zero-order valence-corrected chi connectivity index (χ0v) is 12.0. The van der Waals surface area contributed by atoms with E-state index in [1.54, 1.807) is 7.11 Å². The maximum Gasteiger partial charge on any atom is 0.121 e. The second kappa shape index (κ2) is 5.74. The molecular formula is C13H19BrN2O. The van der Waals surface area contributed by atoms with Crippen molar-refractivity contribution in [2.24, 2.45) is 0 Å². The van der Waals surface area contributed by atoms with Crippen LogP contribution in [0.4, 0.5) is 5.69 Å². The number of hydrogen-bond donors (Lipinski definition) is 1. The fourth-order valence-electron chi connectivity index (χ4n) is 2.29. The normalized spacial score (nSPS) is 20.4. The molecule has 1 aromatic carbocycles. The van der Waals surface area contributed by atoms with E-state index in [1.807, 2.05) is 13.1 Å². The van der Waals surface area contributed by atoms with Crippen LogP contribution in [-0.2, 0) is 0 Å². The Bertz CT molecular complexity index is 384. The van der Waals surface area contributed by atoms with Gasteiger partial charge in [0.2, 0.25) is 0 Å². The number of halogens is 1. The molecule has 1 atom stereocenters. The molecule has 0 bridgehead atoms. The molecule has 17 heavy (non-hydrogen) atoms. The highest BCUT2D eigenvalue weighted by atomic mass is 79.9. The largest absolute Gasteiger partial charge is 0.497 e. The summed E-state index contributed by atoms with van der Waals surface area (Å²) in [6, 6.07) is 6.72. The molecule has 0 saturated carbocycles. The second-order valence-corrected chi connectivity index (χ2v) is 5.25. The molecular weight excluding hydrogens is 280 g/mol. The average molecular weight is 299 g/mol. The Morgan fingerprint density at radius 1 is 1.47 bits per heavy atom. The summed E-state index contributed by atoms with van der Waals surface area (Å²) < 4.78 is 6.43. The number of benzene rings is 1. The molecule has 3 nitrogen and oxygen atoms in total. The van der Waals surface area contributed by atoms with E-state index in [0.717, 1.165) is 23.3 Å². The minimum Gasteiger partial charge on any atom is -0.497 e. The van der Waals surface area contributed by atoms with Gasteiger partial charge < -0.3 is 15.0 Å². The van der Waals surface area contributed by atoms with Gasteiger partial charge in [-0.1, -0.05) is 0 Å². The van der Waals surface area contributed by atoms with Crippen LogP contribution < -0.4 is 15.0 Å². The Morgan fingerprint density at radius 2 is 2.29 bits per heavy atom. The maximum atomic E-state index is 5.29. The van der Waals surface area contributed by atoms with Crippen molar-refractivity contribution in [3.8, 4) is 5.75 Å². The number of anilines is 1. The summed E-state index contributed by atoms with van der Waals surface area (Å²) in [7, 11) is 3.74. The van der Waals surface area contributed by atoms with Crippen molar-refractivity contribution in [2.45, 2.75) is 18.9 Å². The van der Waals surface area contributed by atoms with E-state index in [4.69, 9.17) is 4.74 Å². The van der Waals surface area contributed by atoms with Crippen LogP contribution in [0, 0.1) is 0 Å². The summed E-state index contributed by atoms with van der Waals surface area (Å²) >= 11 is 3.62. The van der Waals surface area contributed by atoms with Gasteiger partial charge in [0.25, 0.3) is 0 Å². The van der Waals surface area contributed by atoms with Gasteiger partial charge >= 0.3 is 0 Å². The maximum absolute atomic E-state index is 5.29. The lowest BCUT2D eigenvalue weighted by Gasteiger charge is -2.35. The number of piperidine rings is 1. The quantitative estimate of drug-likeness (QED) is 0.928. The summed E-state index contributed by atoms with van der Waals surface area (Å²) in [5, 5.41) is 3.36. The minimum absolute atomic E-state index is 0.585. The first-order valence-electron chi connectivity index (χ1n) is 6.00. The van der Waals surface area contributed by atoms with E-state index >= 15 is 0 Å². The van der Waals surface area contributed by atoms with Gasteiger partial charge in [-0.2, -0.15) is 0 Å². The van der Waals surface area contributed by atoms with Gasteiger partial charge in [-0.15, -0.1) is 0 Å². The van der Waals surface area contributed by atoms with E-state index in [1.165, 1.54) is 18.5 Å². The van der Waals surface area contributed by atoms with Crippen molar-refractivity contribution in [1.82, 2.24) is 5.32 Å². The predicted octanol–water partition coefficient (Wildman–Crippen LogP) is 2.65. The predicted molar refractivity (Wildman–Crippen MR) is 75.0 cm³/mol. The highest BCUT2D eigenvalue weighted by molar-refractivity contribution is 9.10. The fraction of sp³-hybridized carbons (Fsp3) is 0.538. The fourth-order valence-corrected chi connectivity index (χ4v) is 2.79. The van der Waals surface area contributed by atoms with Gasteiger partial charge in [0, 0.05) is 29.7 Å². The first-order chi connectivity index (χ1) is 8.24. The third-order valence-electron chi connectivity index (χ3n) is 3.32. The van der Waals surface area contributed by atoms with Crippen LogP contribution in [0.3, 0.4) is 0 Å². The van der Waals surface area contributed by atoms with Crippen LogP contribution in [0.5, 0.6) is 5.75 Å². The first kappa shape index (κ1) is 12.7. The van der Waals surface area contributed by atoms with Crippen LogP contribution in [0.15, 0.2) is 22.7 Å². The third kappa shape index (κ3) is 2.93.